The van der Waals surface area contributed by atoms with Gasteiger partial charge in [-0.25, -0.2) is 0 Å². The molecule has 4 nitrogen and oxygen atoms in total. The number of nitrogens with zero attached hydrogens (tertiary/aromatic N) is 1. The van der Waals surface area contributed by atoms with Crippen molar-refractivity contribution in [1.82, 2.24) is 4.90 Å². The Bertz CT molecular complexity index is 471. The van der Waals surface area contributed by atoms with Crippen LogP contribution in [0.4, 0.5) is 0 Å². The molecule has 1 heterocycles. The van der Waals surface area contributed by atoms with Crippen molar-refractivity contribution in [2.45, 2.75) is 20.0 Å². The molecule has 0 aliphatic rings. The minimum Gasteiger partial charge on any atom is -0.384 e. The van der Waals surface area contributed by atoms with Crippen LogP contribution in [0, 0.1) is 11.8 Å². The molecule has 0 unspecified atom stereocenters. The Morgan fingerprint density at radius 1 is 1.53 bits per heavy atom. The number of likely N-dealkylation sites (N-methyl/N-ethyl adjacent to an activating group) is 1. The van der Waals surface area contributed by atoms with Gasteiger partial charge in [0, 0.05) is 13.6 Å². The van der Waals surface area contributed by atoms with Gasteiger partial charge in [-0.1, -0.05) is 11.8 Å². The number of thiophene rings is 1. The molecule has 0 aliphatic heterocycles. The predicted molar refractivity (Wildman–Crippen MR) is 76.3 cm³/mol. The molecule has 19 heavy (non-hydrogen) atoms. The van der Waals surface area contributed by atoms with E-state index in [0.29, 0.717) is 18.0 Å². The molecule has 0 saturated carbocycles. The van der Waals surface area contributed by atoms with Gasteiger partial charge < -0.3 is 14.7 Å². The SMILES string of the molecule is CC(C)OCCN(C)C(=O)c1ccc(C#CCO)s1. The van der Waals surface area contributed by atoms with E-state index in [9.17, 15) is 4.79 Å². The maximum atomic E-state index is 12.1. The summed E-state index contributed by atoms with van der Waals surface area (Å²) in [6.07, 6.45) is 0.172. The summed E-state index contributed by atoms with van der Waals surface area (Å²) in [7, 11) is 1.75. The van der Waals surface area contributed by atoms with E-state index in [-0.39, 0.29) is 18.6 Å². The lowest BCUT2D eigenvalue weighted by atomic mass is 10.4. The summed E-state index contributed by atoms with van der Waals surface area (Å²) < 4.78 is 5.42. The molecule has 1 aromatic heterocycles. The second kappa shape index (κ2) is 7.95. The third kappa shape index (κ3) is 5.43. The van der Waals surface area contributed by atoms with E-state index in [2.05, 4.69) is 11.8 Å². The number of hydrogen-bond donors (Lipinski definition) is 1. The molecule has 1 rings (SSSR count). The normalized spacial score (nSPS) is 10.2. The second-order valence-electron chi connectivity index (χ2n) is 4.27. The molecule has 0 radical (unpaired) electrons. The van der Waals surface area contributed by atoms with Gasteiger partial charge in [0.2, 0.25) is 0 Å². The van der Waals surface area contributed by atoms with Crippen LogP contribution >= 0.6 is 11.3 Å². The molecule has 0 atom stereocenters. The lowest BCUT2D eigenvalue weighted by Gasteiger charge is -2.17. The van der Waals surface area contributed by atoms with Gasteiger partial charge in [-0.15, -0.1) is 11.3 Å². The summed E-state index contributed by atoms with van der Waals surface area (Å²) >= 11 is 1.33. The molecular weight excluding hydrogens is 262 g/mol. The Hall–Kier alpha value is -1.35. The standard InChI is InChI=1S/C14H19NO3S/c1-11(2)18-10-8-15(3)14(17)13-7-6-12(19-13)5-4-9-16/h6-7,11,16H,8-10H2,1-3H3. The molecule has 1 N–H and O–H groups in total. The van der Waals surface area contributed by atoms with Crippen molar-refractivity contribution in [3.63, 3.8) is 0 Å². The molecule has 0 fully saturated rings. The highest BCUT2D eigenvalue weighted by Crippen LogP contribution is 2.17. The number of ether oxygens (including phenoxy) is 1. The van der Waals surface area contributed by atoms with Gasteiger partial charge in [0.15, 0.2) is 0 Å². The minimum absolute atomic E-state index is 0.0330. The fraction of sp³-hybridized carbons (Fsp3) is 0.500. The number of hydrogen-bond acceptors (Lipinski definition) is 4. The van der Waals surface area contributed by atoms with Crippen LogP contribution in [0.15, 0.2) is 12.1 Å². The molecule has 1 amide bonds. The van der Waals surface area contributed by atoms with E-state index in [1.54, 1.807) is 24.1 Å². The van der Waals surface area contributed by atoms with Crippen molar-refractivity contribution in [1.29, 1.82) is 0 Å². The maximum Gasteiger partial charge on any atom is 0.263 e. The van der Waals surface area contributed by atoms with Crippen LogP contribution in [0.2, 0.25) is 0 Å². The lowest BCUT2D eigenvalue weighted by molar-refractivity contribution is 0.0534. The van der Waals surface area contributed by atoms with Crippen molar-refractivity contribution in [2.24, 2.45) is 0 Å². The molecule has 0 spiro atoms. The summed E-state index contributed by atoms with van der Waals surface area (Å²) in [5.74, 6) is 5.32. The number of carbonyl (C=O) groups is 1. The molecule has 5 heteroatoms. The largest absolute Gasteiger partial charge is 0.384 e. The molecule has 1 aromatic rings. The third-order valence-electron chi connectivity index (χ3n) is 2.33. The zero-order chi connectivity index (χ0) is 14.3. The van der Waals surface area contributed by atoms with Crippen LogP contribution < -0.4 is 0 Å². The number of rotatable bonds is 5. The first-order valence-electron chi connectivity index (χ1n) is 6.11. The van der Waals surface area contributed by atoms with Gasteiger partial charge in [-0.05, 0) is 26.0 Å². The Morgan fingerprint density at radius 3 is 2.89 bits per heavy atom. The van der Waals surface area contributed by atoms with Crippen molar-refractivity contribution < 1.29 is 14.6 Å². The first-order valence-corrected chi connectivity index (χ1v) is 6.93. The van der Waals surface area contributed by atoms with E-state index in [4.69, 9.17) is 9.84 Å². The van der Waals surface area contributed by atoms with Gasteiger partial charge in [0.1, 0.15) is 6.61 Å². The average molecular weight is 281 g/mol. The minimum atomic E-state index is -0.173. The van der Waals surface area contributed by atoms with Gasteiger partial charge in [-0.3, -0.25) is 4.79 Å². The average Bonchev–Trinajstić information content (AvgIpc) is 2.83. The first-order chi connectivity index (χ1) is 9.04. The van der Waals surface area contributed by atoms with E-state index in [1.807, 2.05) is 13.8 Å². The molecule has 0 aliphatic carbocycles. The van der Waals surface area contributed by atoms with Gasteiger partial charge in [-0.2, -0.15) is 0 Å². The van der Waals surface area contributed by atoms with Crippen molar-refractivity contribution in [3.05, 3.63) is 21.9 Å². The number of amides is 1. The quantitative estimate of drug-likeness (QED) is 0.834. The van der Waals surface area contributed by atoms with E-state index >= 15 is 0 Å². The number of aliphatic hydroxyl groups excluding tert-OH is 1. The third-order valence-corrected chi connectivity index (χ3v) is 3.32. The van der Waals surface area contributed by atoms with Crippen LogP contribution in [0.3, 0.4) is 0 Å². The Kier molecular flexibility index (Phi) is 6.57. The Labute approximate surface area is 118 Å². The predicted octanol–water partition coefficient (Wildman–Crippen LogP) is 1.59. The molecular formula is C14H19NO3S. The second-order valence-corrected chi connectivity index (χ2v) is 5.35. The fourth-order valence-electron chi connectivity index (χ4n) is 1.36. The summed E-state index contributed by atoms with van der Waals surface area (Å²) in [6.45, 7) is 4.85. The number of carbonyl (C=O) groups excluding carboxylic acids is 1. The van der Waals surface area contributed by atoms with Crippen LogP contribution in [-0.2, 0) is 4.74 Å². The topological polar surface area (TPSA) is 49.8 Å². The van der Waals surface area contributed by atoms with Crippen molar-refractivity contribution in [2.75, 3.05) is 26.8 Å². The highest BCUT2D eigenvalue weighted by atomic mass is 32.1. The molecule has 0 aromatic carbocycles. The van der Waals surface area contributed by atoms with E-state index in [1.165, 1.54) is 11.3 Å². The van der Waals surface area contributed by atoms with Crippen molar-refractivity contribution >= 4 is 17.2 Å². The lowest BCUT2D eigenvalue weighted by Crippen LogP contribution is -2.30. The fourth-order valence-corrected chi connectivity index (χ4v) is 2.24. The maximum absolute atomic E-state index is 12.1. The van der Waals surface area contributed by atoms with Crippen molar-refractivity contribution in [3.8, 4) is 11.8 Å². The van der Waals surface area contributed by atoms with E-state index < -0.39 is 0 Å². The summed E-state index contributed by atoms with van der Waals surface area (Å²) in [5.41, 5.74) is 0. The van der Waals surface area contributed by atoms with Crippen LogP contribution in [0.25, 0.3) is 0 Å². The molecule has 0 saturated heterocycles. The van der Waals surface area contributed by atoms with Crippen LogP contribution in [0.1, 0.15) is 28.4 Å². The van der Waals surface area contributed by atoms with Gasteiger partial charge >= 0.3 is 0 Å². The zero-order valence-electron chi connectivity index (χ0n) is 11.5. The molecule has 104 valence electrons. The van der Waals surface area contributed by atoms with Gasteiger partial charge in [0.25, 0.3) is 5.91 Å². The summed E-state index contributed by atoms with van der Waals surface area (Å²) in [5, 5.41) is 8.62. The zero-order valence-corrected chi connectivity index (χ0v) is 12.3. The highest BCUT2D eigenvalue weighted by Gasteiger charge is 2.13. The summed E-state index contributed by atoms with van der Waals surface area (Å²) in [6, 6.07) is 3.55. The Balaban J connectivity index is 2.54. The van der Waals surface area contributed by atoms with Gasteiger partial charge in [0.05, 0.1) is 22.5 Å². The molecule has 0 bridgehead atoms. The smallest absolute Gasteiger partial charge is 0.263 e. The first kappa shape index (κ1) is 15.7. The van der Waals surface area contributed by atoms with Crippen LogP contribution in [-0.4, -0.2) is 48.8 Å². The summed E-state index contributed by atoms with van der Waals surface area (Å²) in [4.78, 5) is 15.2. The van der Waals surface area contributed by atoms with E-state index in [0.717, 1.165) is 4.88 Å². The number of aliphatic hydroxyl groups is 1. The monoisotopic (exact) mass is 281 g/mol. The highest BCUT2D eigenvalue weighted by molar-refractivity contribution is 7.14. The van der Waals surface area contributed by atoms with Crippen LogP contribution in [0.5, 0.6) is 0 Å². The Morgan fingerprint density at radius 2 is 2.26 bits per heavy atom.